The Bertz CT molecular complexity index is 701. The van der Waals surface area contributed by atoms with E-state index >= 15 is 0 Å². The fraction of sp³-hybridized carbons (Fsp3) is 0.409. The largest absolute Gasteiger partial charge is 0.489 e. The Morgan fingerprint density at radius 3 is 2.65 bits per heavy atom. The Balaban J connectivity index is 1.65. The molecule has 0 bridgehead atoms. The molecule has 120 valence electrons. The maximum atomic E-state index is 5.99. The van der Waals surface area contributed by atoms with Crippen molar-refractivity contribution in [1.29, 1.82) is 0 Å². The van der Waals surface area contributed by atoms with Crippen molar-refractivity contribution in [3.8, 4) is 5.75 Å². The minimum atomic E-state index is 0.637. The number of rotatable bonds is 5. The van der Waals surface area contributed by atoms with Crippen molar-refractivity contribution >= 4 is 10.8 Å². The summed E-state index contributed by atoms with van der Waals surface area (Å²) in [6.07, 6.45) is 10.1. The second-order valence-electron chi connectivity index (χ2n) is 6.46. The lowest BCUT2D eigenvalue weighted by Crippen LogP contribution is -2.03. The van der Waals surface area contributed by atoms with Crippen LogP contribution in [-0.2, 0) is 0 Å². The zero-order chi connectivity index (χ0) is 15.9. The van der Waals surface area contributed by atoms with Gasteiger partial charge in [-0.3, -0.25) is 0 Å². The molecule has 1 heteroatoms. The molecule has 3 rings (SSSR count). The molecule has 1 aliphatic carbocycles. The predicted molar refractivity (Wildman–Crippen MR) is 97.9 cm³/mol. The van der Waals surface area contributed by atoms with Gasteiger partial charge in [0, 0.05) is 5.57 Å². The van der Waals surface area contributed by atoms with Gasteiger partial charge in [0.15, 0.2) is 0 Å². The van der Waals surface area contributed by atoms with Gasteiger partial charge < -0.3 is 4.74 Å². The molecule has 0 spiro atoms. The zero-order valence-electron chi connectivity index (χ0n) is 14.1. The van der Waals surface area contributed by atoms with Crippen LogP contribution in [-0.4, -0.2) is 6.61 Å². The molecule has 0 unspecified atom stereocenters. The molecule has 0 N–H and O–H groups in total. The van der Waals surface area contributed by atoms with E-state index in [4.69, 9.17) is 4.74 Å². The molecule has 1 aliphatic rings. The summed E-state index contributed by atoms with van der Waals surface area (Å²) in [5.41, 5.74) is 4.77. The lowest BCUT2D eigenvalue weighted by molar-refractivity contribution is 0.349. The van der Waals surface area contributed by atoms with Gasteiger partial charge in [0.2, 0.25) is 0 Å². The van der Waals surface area contributed by atoms with Gasteiger partial charge in [-0.15, -0.1) is 5.73 Å². The van der Waals surface area contributed by atoms with Crippen LogP contribution in [0.4, 0.5) is 0 Å². The number of fused-ring (bicyclic) bond motifs is 1. The molecule has 0 aromatic heterocycles. The van der Waals surface area contributed by atoms with Crippen LogP contribution >= 0.6 is 0 Å². The van der Waals surface area contributed by atoms with E-state index in [0.717, 1.165) is 18.1 Å². The summed E-state index contributed by atoms with van der Waals surface area (Å²) in [6, 6.07) is 14.7. The molecule has 0 amide bonds. The van der Waals surface area contributed by atoms with Crippen LogP contribution in [0, 0.1) is 5.92 Å². The summed E-state index contributed by atoms with van der Waals surface area (Å²) in [7, 11) is 0. The predicted octanol–water partition coefficient (Wildman–Crippen LogP) is 6.29. The SMILES string of the molecule is CCC(=C=CC1CCCCC1)COc1ccc2ccccc2c1. The van der Waals surface area contributed by atoms with Crippen LogP contribution < -0.4 is 4.74 Å². The van der Waals surface area contributed by atoms with Crippen molar-refractivity contribution < 1.29 is 4.74 Å². The standard InChI is InChI=1S/C22H26O/c1-2-18(12-13-19-8-4-3-5-9-19)17-23-22-15-14-20-10-6-7-11-21(20)16-22/h6-7,10-11,13-16,19H,2-5,8-9,17H2,1H3. The third-order valence-electron chi connectivity index (χ3n) is 4.73. The molecular formula is C22H26O. The summed E-state index contributed by atoms with van der Waals surface area (Å²) in [5.74, 6) is 1.67. The lowest BCUT2D eigenvalue weighted by Gasteiger charge is -2.16. The second kappa shape index (κ2) is 8.04. The molecule has 0 saturated heterocycles. The summed E-state index contributed by atoms with van der Waals surface area (Å²) < 4.78 is 5.99. The van der Waals surface area contributed by atoms with Gasteiger partial charge in [-0.1, -0.05) is 56.5 Å². The third kappa shape index (κ3) is 4.50. The zero-order valence-corrected chi connectivity index (χ0v) is 14.1. The van der Waals surface area contributed by atoms with Crippen molar-refractivity contribution in [2.45, 2.75) is 45.4 Å². The highest BCUT2D eigenvalue weighted by Crippen LogP contribution is 2.24. The van der Waals surface area contributed by atoms with Crippen molar-refractivity contribution in [3.05, 3.63) is 59.8 Å². The smallest absolute Gasteiger partial charge is 0.120 e. The second-order valence-corrected chi connectivity index (χ2v) is 6.46. The molecule has 0 aliphatic heterocycles. The van der Waals surface area contributed by atoms with Crippen molar-refractivity contribution in [3.63, 3.8) is 0 Å². The van der Waals surface area contributed by atoms with Crippen LogP contribution in [0.25, 0.3) is 10.8 Å². The number of hydrogen-bond donors (Lipinski definition) is 0. The maximum Gasteiger partial charge on any atom is 0.120 e. The Morgan fingerprint density at radius 1 is 1.09 bits per heavy atom. The Morgan fingerprint density at radius 2 is 1.87 bits per heavy atom. The monoisotopic (exact) mass is 306 g/mol. The van der Waals surface area contributed by atoms with E-state index in [1.165, 1.54) is 48.4 Å². The van der Waals surface area contributed by atoms with E-state index in [1.54, 1.807) is 0 Å². The summed E-state index contributed by atoms with van der Waals surface area (Å²) in [5, 5.41) is 2.48. The van der Waals surface area contributed by atoms with E-state index in [1.807, 2.05) is 0 Å². The fourth-order valence-corrected chi connectivity index (χ4v) is 3.21. The van der Waals surface area contributed by atoms with E-state index < -0.39 is 0 Å². The van der Waals surface area contributed by atoms with E-state index in [9.17, 15) is 0 Å². The lowest BCUT2D eigenvalue weighted by atomic mass is 9.89. The topological polar surface area (TPSA) is 9.23 Å². The van der Waals surface area contributed by atoms with Gasteiger partial charge in [-0.2, -0.15) is 0 Å². The molecule has 1 fully saturated rings. The first kappa shape index (κ1) is 15.9. The first-order chi connectivity index (χ1) is 11.3. The van der Waals surface area contributed by atoms with Crippen molar-refractivity contribution in [2.75, 3.05) is 6.61 Å². The number of benzene rings is 2. The summed E-state index contributed by atoms with van der Waals surface area (Å²) in [4.78, 5) is 0. The van der Waals surface area contributed by atoms with E-state index in [-0.39, 0.29) is 0 Å². The summed E-state index contributed by atoms with van der Waals surface area (Å²) >= 11 is 0. The Hall–Kier alpha value is -1.98. The first-order valence-electron chi connectivity index (χ1n) is 8.91. The number of hydrogen-bond acceptors (Lipinski definition) is 1. The average molecular weight is 306 g/mol. The highest BCUT2D eigenvalue weighted by atomic mass is 16.5. The normalized spacial score (nSPS) is 15.2. The van der Waals surface area contributed by atoms with Crippen molar-refractivity contribution in [1.82, 2.24) is 0 Å². The van der Waals surface area contributed by atoms with Crippen LogP contribution in [0.15, 0.2) is 59.8 Å². The number of ether oxygens (including phenoxy) is 1. The molecule has 0 radical (unpaired) electrons. The van der Waals surface area contributed by atoms with Crippen LogP contribution in [0.2, 0.25) is 0 Å². The van der Waals surface area contributed by atoms with E-state index in [2.05, 4.69) is 61.2 Å². The maximum absolute atomic E-state index is 5.99. The highest BCUT2D eigenvalue weighted by molar-refractivity contribution is 5.83. The molecule has 1 nitrogen and oxygen atoms in total. The Kier molecular flexibility index (Phi) is 5.56. The fourth-order valence-electron chi connectivity index (χ4n) is 3.21. The third-order valence-corrected chi connectivity index (χ3v) is 4.73. The van der Waals surface area contributed by atoms with Gasteiger partial charge in [-0.25, -0.2) is 0 Å². The van der Waals surface area contributed by atoms with Gasteiger partial charge in [0.05, 0.1) is 0 Å². The van der Waals surface area contributed by atoms with Gasteiger partial charge >= 0.3 is 0 Å². The Labute approximate surface area is 139 Å². The molecule has 2 aromatic carbocycles. The molecule has 23 heavy (non-hydrogen) atoms. The first-order valence-corrected chi connectivity index (χ1v) is 8.91. The van der Waals surface area contributed by atoms with Crippen molar-refractivity contribution in [2.24, 2.45) is 5.92 Å². The summed E-state index contributed by atoms with van der Waals surface area (Å²) in [6.45, 7) is 2.82. The highest BCUT2D eigenvalue weighted by Gasteiger charge is 2.09. The molecule has 2 aromatic rings. The molecular weight excluding hydrogens is 280 g/mol. The van der Waals surface area contributed by atoms with Crippen LogP contribution in [0.5, 0.6) is 5.75 Å². The molecule has 0 heterocycles. The quantitative estimate of drug-likeness (QED) is 0.590. The van der Waals surface area contributed by atoms with Gasteiger partial charge in [0.1, 0.15) is 12.4 Å². The van der Waals surface area contributed by atoms with Crippen LogP contribution in [0.3, 0.4) is 0 Å². The molecule has 0 atom stereocenters. The molecule has 1 saturated carbocycles. The minimum absolute atomic E-state index is 0.637. The van der Waals surface area contributed by atoms with Crippen LogP contribution in [0.1, 0.15) is 45.4 Å². The average Bonchev–Trinajstić information content (AvgIpc) is 2.62. The minimum Gasteiger partial charge on any atom is -0.489 e. The van der Waals surface area contributed by atoms with Gasteiger partial charge in [0.25, 0.3) is 0 Å². The van der Waals surface area contributed by atoms with E-state index in [0.29, 0.717) is 6.61 Å². The van der Waals surface area contributed by atoms with Gasteiger partial charge in [-0.05, 0) is 54.2 Å².